The summed E-state index contributed by atoms with van der Waals surface area (Å²) in [7, 11) is 0. The largest absolute Gasteiger partial charge is 0.398 e. The molecular weight excluding hydrogens is 437 g/mol. The van der Waals surface area contributed by atoms with Gasteiger partial charge in [0.2, 0.25) is 0 Å². The van der Waals surface area contributed by atoms with E-state index in [0.717, 1.165) is 39.0 Å². The first-order valence-electron chi connectivity index (χ1n) is 11.4. The third kappa shape index (κ3) is 3.49. The number of carbonyl (C=O) groups excluding carboxylic acids is 1. The van der Waals surface area contributed by atoms with Crippen LogP contribution in [0.4, 0.5) is 15.8 Å². The van der Waals surface area contributed by atoms with Gasteiger partial charge in [-0.3, -0.25) is 4.79 Å². The standard InChI is InChI=1S/C30H22FN3O/c31-23-13-5-1-10-20(23)18-34-27-16-8-4-12-22(27)29(30(34)35)28(21-11-3-6-14-24(21)32)26-17-19-9-2-7-15-25(19)33-26/h1-17,33H,18,32H2. The van der Waals surface area contributed by atoms with E-state index in [-0.39, 0.29) is 18.3 Å². The topological polar surface area (TPSA) is 62.1 Å². The van der Waals surface area contributed by atoms with Crippen molar-refractivity contribution in [2.24, 2.45) is 0 Å². The molecule has 4 aromatic carbocycles. The van der Waals surface area contributed by atoms with Crippen molar-refractivity contribution >= 4 is 39.3 Å². The van der Waals surface area contributed by atoms with Gasteiger partial charge in [-0.05, 0) is 30.3 Å². The summed E-state index contributed by atoms with van der Waals surface area (Å²) in [6.45, 7) is 0.135. The molecule has 3 N–H and O–H groups in total. The van der Waals surface area contributed by atoms with E-state index in [9.17, 15) is 9.18 Å². The number of halogens is 1. The van der Waals surface area contributed by atoms with E-state index in [4.69, 9.17) is 5.73 Å². The van der Waals surface area contributed by atoms with Crippen molar-refractivity contribution in [2.75, 3.05) is 10.6 Å². The number of benzene rings is 4. The molecule has 6 rings (SSSR count). The van der Waals surface area contributed by atoms with E-state index in [1.807, 2.05) is 78.9 Å². The number of nitrogen functional groups attached to an aromatic ring is 1. The van der Waals surface area contributed by atoms with Gasteiger partial charge in [0.15, 0.2) is 0 Å². The molecule has 0 unspecified atom stereocenters. The summed E-state index contributed by atoms with van der Waals surface area (Å²) in [4.78, 5) is 19.2. The van der Waals surface area contributed by atoms with E-state index in [1.165, 1.54) is 6.07 Å². The lowest BCUT2D eigenvalue weighted by Crippen LogP contribution is -2.26. The molecule has 0 fully saturated rings. The number of carbonyl (C=O) groups is 1. The van der Waals surface area contributed by atoms with E-state index in [0.29, 0.717) is 16.8 Å². The molecule has 0 radical (unpaired) electrons. The maximum absolute atomic E-state index is 14.5. The number of nitrogens with one attached hydrogen (secondary N) is 1. The zero-order valence-electron chi connectivity index (χ0n) is 18.8. The lowest BCUT2D eigenvalue weighted by molar-refractivity contribution is -0.113. The number of amides is 1. The highest BCUT2D eigenvalue weighted by Gasteiger charge is 2.36. The van der Waals surface area contributed by atoms with Crippen molar-refractivity contribution < 1.29 is 9.18 Å². The summed E-state index contributed by atoms with van der Waals surface area (Å²) >= 11 is 0. The maximum Gasteiger partial charge on any atom is 0.260 e. The van der Waals surface area contributed by atoms with Gasteiger partial charge in [0.25, 0.3) is 5.91 Å². The maximum atomic E-state index is 14.5. The molecule has 1 aliphatic heterocycles. The van der Waals surface area contributed by atoms with Crippen molar-refractivity contribution in [2.45, 2.75) is 6.54 Å². The number of para-hydroxylation sites is 3. The third-order valence-electron chi connectivity index (χ3n) is 6.49. The highest BCUT2D eigenvalue weighted by molar-refractivity contribution is 6.39. The number of rotatable bonds is 4. The average Bonchev–Trinajstić information content (AvgIpc) is 3.42. The molecule has 0 spiro atoms. The summed E-state index contributed by atoms with van der Waals surface area (Å²) in [6, 6.07) is 31.8. The number of nitrogens with zero attached hydrogens (tertiary/aromatic N) is 1. The highest BCUT2D eigenvalue weighted by Crippen LogP contribution is 2.44. The molecule has 1 aliphatic rings. The van der Waals surface area contributed by atoms with Gasteiger partial charge < -0.3 is 15.6 Å². The number of aromatic amines is 1. The smallest absolute Gasteiger partial charge is 0.260 e. The molecule has 0 saturated carbocycles. The Labute approximate surface area is 202 Å². The molecule has 35 heavy (non-hydrogen) atoms. The van der Waals surface area contributed by atoms with Crippen LogP contribution in [0.3, 0.4) is 0 Å². The Bertz CT molecular complexity index is 1600. The number of hydrogen-bond acceptors (Lipinski definition) is 2. The normalized spacial score (nSPS) is 14.4. The predicted octanol–water partition coefficient (Wildman–Crippen LogP) is 6.40. The minimum absolute atomic E-state index is 0.135. The van der Waals surface area contributed by atoms with E-state index in [2.05, 4.69) is 4.98 Å². The summed E-state index contributed by atoms with van der Waals surface area (Å²) in [5.41, 5.74) is 12.8. The Morgan fingerprint density at radius 2 is 1.57 bits per heavy atom. The second kappa shape index (κ2) is 8.29. The van der Waals surface area contributed by atoms with Crippen LogP contribution in [0.15, 0.2) is 103 Å². The Hall–Kier alpha value is -4.64. The molecule has 0 saturated heterocycles. The average molecular weight is 460 g/mol. The quantitative estimate of drug-likeness (QED) is 0.241. The number of anilines is 2. The first-order valence-corrected chi connectivity index (χ1v) is 11.4. The van der Waals surface area contributed by atoms with Crippen molar-refractivity contribution in [1.29, 1.82) is 0 Å². The Morgan fingerprint density at radius 3 is 2.40 bits per heavy atom. The van der Waals surface area contributed by atoms with Crippen LogP contribution >= 0.6 is 0 Å². The fraction of sp³-hybridized carbons (Fsp3) is 0.0333. The molecule has 5 heteroatoms. The van der Waals surface area contributed by atoms with E-state index in [1.54, 1.807) is 23.1 Å². The second-order valence-electron chi connectivity index (χ2n) is 8.61. The Morgan fingerprint density at radius 1 is 0.857 bits per heavy atom. The van der Waals surface area contributed by atoms with Crippen molar-refractivity contribution in [3.8, 4) is 0 Å². The van der Waals surface area contributed by atoms with E-state index >= 15 is 0 Å². The summed E-state index contributed by atoms with van der Waals surface area (Å²) in [5.74, 6) is -0.523. The predicted molar refractivity (Wildman–Crippen MR) is 139 cm³/mol. The molecule has 5 aromatic rings. The first-order chi connectivity index (χ1) is 17.1. The molecule has 4 nitrogen and oxygen atoms in total. The molecule has 1 aromatic heterocycles. The van der Waals surface area contributed by atoms with Gasteiger partial charge in [0.1, 0.15) is 5.82 Å². The van der Waals surface area contributed by atoms with E-state index < -0.39 is 0 Å². The summed E-state index contributed by atoms with van der Waals surface area (Å²) in [6.07, 6.45) is 0. The SMILES string of the molecule is Nc1ccccc1C(=C1C(=O)N(Cc2ccccc2F)c2ccccc21)c1cc2ccccc2[nH]1. The third-order valence-corrected chi connectivity index (χ3v) is 6.49. The number of fused-ring (bicyclic) bond motifs is 2. The van der Waals surface area contributed by atoms with Crippen LogP contribution in [-0.2, 0) is 11.3 Å². The summed E-state index contributed by atoms with van der Waals surface area (Å²) in [5, 5.41) is 1.04. The fourth-order valence-corrected chi connectivity index (χ4v) is 4.82. The van der Waals surface area contributed by atoms with Gasteiger partial charge >= 0.3 is 0 Å². The lowest BCUT2D eigenvalue weighted by atomic mass is 9.92. The van der Waals surface area contributed by atoms with Crippen molar-refractivity contribution in [1.82, 2.24) is 4.98 Å². The van der Waals surface area contributed by atoms with Gasteiger partial charge in [-0.2, -0.15) is 0 Å². The number of aromatic nitrogens is 1. The van der Waals surface area contributed by atoms with Crippen molar-refractivity contribution in [3.05, 3.63) is 131 Å². The van der Waals surface area contributed by atoms with Crippen LogP contribution < -0.4 is 10.6 Å². The van der Waals surface area contributed by atoms with Crippen LogP contribution in [0.5, 0.6) is 0 Å². The first kappa shape index (κ1) is 20.9. The lowest BCUT2D eigenvalue weighted by Gasteiger charge is -2.18. The molecular formula is C30H22FN3O. The number of H-pyrrole nitrogens is 1. The molecule has 0 atom stereocenters. The van der Waals surface area contributed by atoms with Gasteiger partial charge in [-0.15, -0.1) is 0 Å². The zero-order chi connectivity index (χ0) is 23.9. The molecule has 0 bridgehead atoms. The van der Waals surface area contributed by atoms with Crippen LogP contribution in [-0.4, -0.2) is 10.9 Å². The summed E-state index contributed by atoms with van der Waals surface area (Å²) < 4.78 is 14.5. The fourth-order valence-electron chi connectivity index (χ4n) is 4.82. The minimum Gasteiger partial charge on any atom is -0.398 e. The van der Waals surface area contributed by atoms with Gasteiger partial charge in [-0.1, -0.05) is 72.8 Å². The highest BCUT2D eigenvalue weighted by atomic mass is 19.1. The zero-order valence-corrected chi connectivity index (χ0v) is 18.8. The van der Waals surface area contributed by atoms with Gasteiger partial charge in [0.05, 0.1) is 17.8 Å². The minimum atomic E-state index is -0.335. The van der Waals surface area contributed by atoms with Crippen molar-refractivity contribution in [3.63, 3.8) is 0 Å². The van der Waals surface area contributed by atoms with Crippen LogP contribution in [0.25, 0.3) is 22.0 Å². The molecule has 170 valence electrons. The number of hydrogen-bond donors (Lipinski definition) is 2. The second-order valence-corrected chi connectivity index (χ2v) is 8.61. The molecule has 1 amide bonds. The van der Waals surface area contributed by atoms with Gasteiger partial charge in [-0.25, -0.2) is 4.39 Å². The molecule has 0 aliphatic carbocycles. The Balaban J connectivity index is 1.62. The van der Waals surface area contributed by atoms with Gasteiger partial charge in [0, 0.05) is 44.5 Å². The Kier molecular flexibility index (Phi) is 4.96. The van der Waals surface area contributed by atoms with Crippen LogP contribution in [0.2, 0.25) is 0 Å². The van der Waals surface area contributed by atoms with Crippen LogP contribution in [0.1, 0.15) is 22.4 Å². The molecule has 2 heterocycles. The van der Waals surface area contributed by atoms with Crippen LogP contribution in [0, 0.1) is 5.82 Å². The monoisotopic (exact) mass is 459 g/mol. The number of nitrogens with two attached hydrogens (primary N) is 1.